The van der Waals surface area contributed by atoms with Crippen LogP contribution >= 0.6 is 18.4 Å². The smallest absolute Gasteiger partial charge is 0.325 e. The summed E-state index contributed by atoms with van der Waals surface area (Å²) in [5.41, 5.74) is 3.41. The number of hydrogen-bond acceptors (Lipinski definition) is 11. The Hall–Kier alpha value is -2.18. The van der Waals surface area contributed by atoms with Gasteiger partial charge in [0.15, 0.2) is 11.8 Å². The number of ether oxygens (including phenoxy) is 2. The Balaban J connectivity index is 1.84. The number of urea groups is 1. The molecule has 15 heteroatoms. The molecule has 0 radical (unpaired) electrons. The molecule has 2 heterocycles. The summed E-state index contributed by atoms with van der Waals surface area (Å²) in [6.45, 7) is -0.428. The fraction of sp³-hybridized carbons (Fsp3) is 0.520. The number of nitrogens with one attached hydrogen (secondary N) is 2. The van der Waals surface area contributed by atoms with Crippen LogP contribution in [-0.4, -0.2) is 88.1 Å². The summed E-state index contributed by atoms with van der Waals surface area (Å²) in [4.78, 5) is 26.4. The fourth-order valence-corrected chi connectivity index (χ4v) is 6.73. The predicted octanol–water partition coefficient (Wildman–Crippen LogP) is 1.24. The first-order valence-electron chi connectivity index (χ1n) is 12.4. The van der Waals surface area contributed by atoms with E-state index in [1.165, 1.54) is 12.3 Å². The van der Waals surface area contributed by atoms with Gasteiger partial charge in [-0.1, -0.05) is 24.1 Å². The number of thioether (sulfide) groups is 1. The minimum absolute atomic E-state index is 0.351. The molecular formula is C25H35N4O8PS2. The second-order valence-electron chi connectivity index (χ2n) is 9.31. The monoisotopic (exact) mass is 614 g/mol. The molecule has 1 saturated heterocycles. The molecule has 0 aliphatic carbocycles. The largest absolute Gasteiger partial charge is 0.462 e. The number of amides is 2. The summed E-state index contributed by atoms with van der Waals surface area (Å²) in [5, 5.41) is 27.6. The zero-order valence-corrected chi connectivity index (χ0v) is 24.9. The maximum absolute atomic E-state index is 12.9. The lowest BCUT2D eigenvalue weighted by molar-refractivity contribution is -0.149. The van der Waals surface area contributed by atoms with Gasteiger partial charge >= 0.3 is 18.6 Å². The van der Waals surface area contributed by atoms with Gasteiger partial charge in [-0.2, -0.15) is 11.8 Å². The number of hydrogen-bond donors (Lipinski definition) is 5. The minimum Gasteiger partial charge on any atom is -0.462 e. The van der Waals surface area contributed by atoms with E-state index >= 15 is 0 Å². The van der Waals surface area contributed by atoms with Crippen LogP contribution in [0.2, 0.25) is 0 Å². The highest BCUT2D eigenvalue weighted by molar-refractivity contribution is 8.09. The molecule has 2 aliphatic rings. The van der Waals surface area contributed by atoms with Crippen molar-refractivity contribution in [3.8, 4) is 18.1 Å². The second-order valence-corrected chi connectivity index (χ2v) is 13.4. The van der Waals surface area contributed by atoms with Crippen LogP contribution in [0, 0.1) is 12.3 Å². The Morgan fingerprint density at radius 3 is 2.73 bits per heavy atom. The van der Waals surface area contributed by atoms with Gasteiger partial charge < -0.3 is 39.8 Å². The Morgan fingerprint density at radius 1 is 1.43 bits per heavy atom. The van der Waals surface area contributed by atoms with Crippen molar-refractivity contribution < 1.29 is 38.3 Å². The molecular weight excluding hydrogens is 579 g/mol. The van der Waals surface area contributed by atoms with Crippen molar-refractivity contribution in [2.24, 2.45) is 5.73 Å². The molecule has 40 heavy (non-hydrogen) atoms. The Kier molecular flexibility index (Phi) is 11.4. The number of benzene rings is 1. The van der Waals surface area contributed by atoms with Gasteiger partial charge in [-0.15, -0.1) is 6.42 Å². The molecule has 6 N–H and O–H groups in total. The molecule has 3 rings (SSSR count). The quantitative estimate of drug-likeness (QED) is 0.123. The van der Waals surface area contributed by atoms with Gasteiger partial charge in [-0.25, -0.2) is 9.88 Å². The minimum atomic E-state index is -3.51. The van der Waals surface area contributed by atoms with Gasteiger partial charge in [-0.3, -0.25) is 9.69 Å². The summed E-state index contributed by atoms with van der Waals surface area (Å²) in [5.74, 6) is 2.63. The van der Waals surface area contributed by atoms with Crippen LogP contribution in [-0.2, 0) is 30.6 Å². The fourth-order valence-electron chi connectivity index (χ4n) is 3.90. The van der Waals surface area contributed by atoms with Gasteiger partial charge in [0.05, 0.1) is 18.9 Å². The molecule has 2 amide bonds. The van der Waals surface area contributed by atoms with Gasteiger partial charge in [0.2, 0.25) is 0 Å². The maximum Gasteiger partial charge on any atom is 0.325 e. The third-order valence-electron chi connectivity index (χ3n) is 5.88. The molecule has 0 aromatic heterocycles. The van der Waals surface area contributed by atoms with Crippen molar-refractivity contribution in [1.29, 1.82) is 0 Å². The lowest BCUT2D eigenvalue weighted by Gasteiger charge is -2.35. The summed E-state index contributed by atoms with van der Waals surface area (Å²) in [7, 11) is 0. The van der Waals surface area contributed by atoms with E-state index in [9.17, 15) is 19.8 Å². The molecule has 0 saturated carbocycles. The Labute approximate surface area is 243 Å². The van der Waals surface area contributed by atoms with E-state index < -0.39 is 61.5 Å². The second kappa shape index (κ2) is 14.1. The first-order chi connectivity index (χ1) is 18.9. The number of rotatable bonds is 13. The van der Waals surface area contributed by atoms with Crippen molar-refractivity contribution in [3.05, 3.63) is 42.6 Å². The average Bonchev–Trinajstić information content (AvgIpc) is 3.15. The maximum atomic E-state index is 12.9. The number of carbonyl (C=O) groups is 2. The molecule has 12 nitrogen and oxygen atoms in total. The molecule has 220 valence electrons. The third kappa shape index (κ3) is 7.97. The van der Waals surface area contributed by atoms with Crippen LogP contribution in [0.15, 0.2) is 42.6 Å². The third-order valence-corrected chi connectivity index (χ3v) is 8.95. The van der Waals surface area contributed by atoms with Crippen molar-refractivity contribution >= 4 is 42.2 Å². The SMILES string of the molecule is C#C[C@@]1(O)[C@H](O)[C@@H](COP(=S)(N[C@@H](CCSC)C(=O)OC(C)C)Oc2ccccc2)O[C@H]1N1C=CC(N)NC1=O. The Morgan fingerprint density at radius 2 is 2.12 bits per heavy atom. The molecule has 1 aromatic rings. The standard InChI is InChI=1S/C25H35N4O8PS2/c1-5-25(33)21(30)19(36-23(25)29-13-11-20(26)27-24(29)32)15-34-38(39,37-17-9-7-6-8-10-17)28-18(12-14-40-4)22(31)35-16(2)3/h1,6-11,13,16,18-21,23,30,33H,12,14-15,26H2,2-4H3,(H,27,32)(H,28,39)/t18-,19+,20?,21+,23+,25+,38?/m0/s1. The molecule has 0 bridgehead atoms. The van der Waals surface area contributed by atoms with Crippen LogP contribution in [0.1, 0.15) is 20.3 Å². The number of nitrogens with zero attached hydrogens (tertiary/aromatic N) is 1. The topological polar surface area (TPSA) is 165 Å². The van der Waals surface area contributed by atoms with Crippen LogP contribution < -0.4 is 20.7 Å². The van der Waals surface area contributed by atoms with Crippen molar-refractivity contribution in [2.45, 2.75) is 62.6 Å². The van der Waals surface area contributed by atoms with E-state index in [2.05, 4.69) is 16.3 Å². The van der Waals surface area contributed by atoms with E-state index in [4.69, 9.17) is 42.5 Å². The van der Waals surface area contributed by atoms with Crippen LogP contribution in [0.25, 0.3) is 0 Å². The van der Waals surface area contributed by atoms with E-state index in [1.807, 2.05) is 6.26 Å². The highest BCUT2D eigenvalue weighted by atomic mass is 32.5. The number of para-hydroxylation sites is 1. The Bertz CT molecular complexity index is 1150. The van der Waals surface area contributed by atoms with Gasteiger partial charge in [0.1, 0.15) is 24.0 Å². The first kappa shape index (κ1) is 32.3. The number of aliphatic hydroxyl groups excluding tert-OH is 1. The van der Waals surface area contributed by atoms with E-state index in [0.29, 0.717) is 17.9 Å². The lowest BCUT2D eigenvalue weighted by Crippen LogP contribution is -2.59. The summed E-state index contributed by atoms with van der Waals surface area (Å²) in [6.07, 6.45) is 5.19. The summed E-state index contributed by atoms with van der Waals surface area (Å²) >= 11 is 7.34. The molecule has 7 atom stereocenters. The normalized spacial score (nSPS) is 28.4. The van der Waals surface area contributed by atoms with Gasteiger partial charge in [0, 0.05) is 6.20 Å². The summed E-state index contributed by atoms with van der Waals surface area (Å²) < 4.78 is 23.3. The van der Waals surface area contributed by atoms with Crippen molar-refractivity contribution in [2.75, 3.05) is 18.6 Å². The number of esters is 1. The van der Waals surface area contributed by atoms with Crippen LogP contribution in [0.4, 0.5) is 4.79 Å². The predicted molar refractivity (Wildman–Crippen MR) is 154 cm³/mol. The zero-order valence-electron chi connectivity index (χ0n) is 22.3. The van der Waals surface area contributed by atoms with E-state index in [0.717, 1.165) is 4.90 Å². The highest BCUT2D eigenvalue weighted by Crippen LogP contribution is 2.47. The molecule has 1 fully saturated rings. The van der Waals surface area contributed by atoms with Crippen molar-refractivity contribution in [3.63, 3.8) is 0 Å². The number of carbonyl (C=O) groups excluding carboxylic acids is 2. The molecule has 2 unspecified atom stereocenters. The van der Waals surface area contributed by atoms with Crippen molar-refractivity contribution in [1.82, 2.24) is 15.3 Å². The molecule has 2 aliphatic heterocycles. The van der Waals surface area contributed by atoms with Crippen LogP contribution in [0.5, 0.6) is 5.75 Å². The first-order valence-corrected chi connectivity index (χ1v) is 16.5. The molecule has 1 aromatic carbocycles. The van der Waals surface area contributed by atoms with Gasteiger partial charge in [0.25, 0.3) is 0 Å². The average molecular weight is 615 g/mol. The zero-order chi connectivity index (χ0) is 29.5. The lowest BCUT2D eigenvalue weighted by atomic mass is 9.94. The van der Waals surface area contributed by atoms with E-state index in [1.54, 1.807) is 55.9 Å². The number of terminal acetylenes is 1. The van der Waals surface area contributed by atoms with E-state index in [-0.39, 0.29) is 6.10 Å². The number of aliphatic hydroxyl groups is 2. The summed E-state index contributed by atoms with van der Waals surface area (Å²) in [6, 6.07) is 7.12. The van der Waals surface area contributed by atoms with Gasteiger partial charge in [-0.05, 0) is 62.3 Å². The number of nitrogens with two attached hydrogens (primary N) is 1. The van der Waals surface area contributed by atoms with Crippen LogP contribution in [0.3, 0.4) is 0 Å². The highest BCUT2D eigenvalue weighted by Gasteiger charge is 2.58. The molecule has 0 spiro atoms.